The van der Waals surface area contributed by atoms with E-state index in [1.165, 1.54) is 10.4 Å². The van der Waals surface area contributed by atoms with Crippen LogP contribution in [0, 0.1) is 11.3 Å². The molecule has 0 unspecified atom stereocenters. The van der Waals surface area contributed by atoms with Gasteiger partial charge in [-0.15, -0.1) is 0 Å². The molecular formula is C25H26N4O3S. The second-order valence-corrected chi connectivity index (χ2v) is 9.95. The molecule has 1 saturated heterocycles. The maximum atomic E-state index is 12.6. The summed E-state index contributed by atoms with van der Waals surface area (Å²) in [5.74, 6) is -0.238. The molecule has 0 spiro atoms. The van der Waals surface area contributed by atoms with Gasteiger partial charge in [-0.3, -0.25) is 4.79 Å². The third-order valence-electron chi connectivity index (χ3n) is 5.79. The van der Waals surface area contributed by atoms with Crippen molar-refractivity contribution in [2.45, 2.75) is 37.2 Å². The van der Waals surface area contributed by atoms with Crippen molar-refractivity contribution in [1.82, 2.24) is 14.2 Å². The molecule has 0 aliphatic carbocycles. The van der Waals surface area contributed by atoms with Gasteiger partial charge in [0, 0.05) is 54.9 Å². The number of nitriles is 1. The Morgan fingerprint density at radius 3 is 2.55 bits per heavy atom. The van der Waals surface area contributed by atoms with Gasteiger partial charge in [0.05, 0.1) is 17.4 Å². The number of aryl methyl sites for hydroxylation is 1. The number of nitrogens with one attached hydrogen (secondary N) is 1. The average Bonchev–Trinajstić information content (AvgIpc) is 3.50. The van der Waals surface area contributed by atoms with Crippen LogP contribution in [0.2, 0.25) is 0 Å². The quantitative estimate of drug-likeness (QED) is 0.517. The number of carbonyl (C=O) groups is 1. The molecule has 1 aromatic heterocycles. The van der Waals surface area contributed by atoms with Crippen LogP contribution in [-0.4, -0.2) is 36.3 Å². The van der Waals surface area contributed by atoms with E-state index in [1.54, 1.807) is 30.3 Å². The van der Waals surface area contributed by atoms with Gasteiger partial charge in [0.15, 0.2) is 0 Å². The van der Waals surface area contributed by atoms with Crippen molar-refractivity contribution >= 4 is 32.9 Å². The molecule has 1 aliphatic heterocycles. The normalized spacial score (nSPS) is 14.6. The second-order valence-electron chi connectivity index (χ2n) is 8.01. The molecule has 2 heterocycles. The zero-order valence-corrected chi connectivity index (χ0v) is 19.1. The number of benzene rings is 2. The van der Waals surface area contributed by atoms with E-state index in [2.05, 4.69) is 11.4 Å². The van der Waals surface area contributed by atoms with E-state index in [-0.39, 0.29) is 10.8 Å². The Labute approximate surface area is 194 Å². The Hall–Kier alpha value is -3.41. The average molecular weight is 463 g/mol. The van der Waals surface area contributed by atoms with E-state index in [1.807, 2.05) is 35.0 Å². The van der Waals surface area contributed by atoms with Gasteiger partial charge >= 0.3 is 0 Å². The van der Waals surface area contributed by atoms with Crippen LogP contribution in [0.25, 0.3) is 17.0 Å². The highest BCUT2D eigenvalue weighted by Gasteiger charge is 2.26. The molecule has 1 aliphatic rings. The monoisotopic (exact) mass is 462 g/mol. The van der Waals surface area contributed by atoms with Gasteiger partial charge < -0.3 is 9.88 Å². The van der Waals surface area contributed by atoms with E-state index >= 15 is 0 Å². The number of nitrogens with zero attached hydrogens (tertiary/aromatic N) is 3. The largest absolute Gasteiger partial charge is 0.348 e. The van der Waals surface area contributed by atoms with Crippen LogP contribution in [0.4, 0.5) is 0 Å². The molecule has 33 heavy (non-hydrogen) atoms. The number of hydrogen-bond donors (Lipinski definition) is 1. The van der Waals surface area contributed by atoms with Crippen LogP contribution in [0.15, 0.2) is 65.7 Å². The van der Waals surface area contributed by atoms with Crippen LogP contribution < -0.4 is 5.32 Å². The molecule has 0 atom stereocenters. The van der Waals surface area contributed by atoms with Crippen LogP contribution in [0.5, 0.6) is 0 Å². The molecule has 1 fully saturated rings. The maximum Gasteiger partial charge on any atom is 0.244 e. The first kappa shape index (κ1) is 22.8. The predicted molar refractivity (Wildman–Crippen MR) is 127 cm³/mol. The van der Waals surface area contributed by atoms with Crippen molar-refractivity contribution in [1.29, 1.82) is 5.26 Å². The number of rotatable bonds is 8. The second kappa shape index (κ2) is 10.0. The molecule has 170 valence electrons. The molecule has 1 amide bonds. The molecule has 4 rings (SSSR count). The Morgan fingerprint density at radius 1 is 1.09 bits per heavy atom. The summed E-state index contributed by atoms with van der Waals surface area (Å²) in [6, 6.07) is 16.7. The fourth-order valence-corrected chi connectivity index (χ4v) is 5.55. The topological polar surface area (TPSA) is 95.2 Å². The van der Waals surface area contributed by atoms with Gasteiger partial charge in [-0.2, -0.15) is 9.57 Å². The first-order valence-corrected chi connectivity index (χ1v) is 12.4. The number of amides is 1. The van der Waals surface area contributed by atoms with E-state index in [0.717, 1.165) is 34.9 Å². The van der Waals surface area contributed by atoms with Crippen molar-refractivity contribution in [2.75, 3.05) is 13.1 Å². The van der Waals surface area contributed by atoms with Crippen molar-refractivity contribution in [3.05, 3.63) is 71.9 Å². The maximum absolute atomic E-state index is 12.6. The van der Waals surface area contributed by atoms with Gasteiger partial charge in [-0.1, -0.05) is 30.3 Å². The van der Waals surface area contributed by atoms with Crippen LogP contribution in [-0.2, 0) is 27.9 Å². The van der Waals surface area contributed by atoms with Gasteiger partial charge in [0.2, 0.25) is 15.9 Å². The first-order valence-electron chi connectivity index (χ1n) is 11.0. The summed E-state index contributed by atoms with van der Waals surface area (Å²) < 4.78 is 28.8. The van der Waals surface area contributed by atoms with E-state index in [4.69, 9.17) is 5.26 Å². The lowest BCUT2D eigenvalue weighted by molar-refractivity contribution is -0.116. The van der Waals surface area contributed by atoms with Gasteiger partial charge in [-0.25, -0.2) is 8.42 Å². The fourth-order valence-electron chi connectivity index (χ4n) is 4.03. The highest BCUT2D eigenvalue weighted by Crippen LogP contribution is 2.23. The van der Waals surface area contributed by atoms with Crippen molar-refractivity contribution in [2.24, 2.45) is 0 Å². The minimum absolute atomic E-state index is 0.238. The SMILES string of the molecule is N#CCCn1cc(/C=C/C(=O)NCc2ccc(S(=O)(=O)N3CCCC3)cc2)c2ccccc21. The summed E-state index contributed by atoms with van der Waals surface area (Å²) in [5.41, 5.74) is 2.76. The minimum atomic E-state index is -3.43. The predicted octanol–water partition coefficient (Wildman–Crippen LogP) is 3.67. The molecule has 7 nitrogen and oxygen atoms in total. The highest BCUT2D eigenvalue weighted by atomic mass is 32.2. The fraction of sp³-hybridized carbons (Fsp3) is 0.280. The van der Waals surface area contributed by atoms with E-state index in [0.29, 0.717) is 32.6 Å². The minimum Gasteiger partial charge on any atom is -0.348 e. The third kappa shape index (κ3) is 5.16. The molecular weight excluding hydrogens is 436 g/mol. The van der Waals surface area contributed by atoms with Crippen LogP contribution in [0.3, 0.4) is 0 Å². The van der Waals surface area contributed by atoms with E-state index < -0.39 is 10.0 Å². The number of hydrogen-bond acceptors (Lipinski definition) is 4. The van der Waals surface area contributed by atoms with E-state index in [9.17, 15) is 13.2 Å². The van der Waals surface area contributed by atoms with Gasteiger partial charge in [-0.05, 0) is 42.7 Å². The summed E-state index contributed by atoms with van der Waals surface area (Å²) >= 11 is 0. The molecule has 3 aromatic rings. The van der Waals surface area contributed by atoms with Gasteiger partial charge in [0.1, 0.15) is 0 Å². The Morgan fingerprint density at radius 2 is 1.82 bits per heavy atom. The number of carbonyl (C=O) groups excluding carboxylic acids is 1. The molecule has 0 radical (unpaired) electrons. The Kier molecular flexibility index (Phi) is 6.92. The number of aromatic nitrogens is 1. The zero-order valence-electron chi connectivity index (χ0n) is 18.3. The number of para-hydroxylation sites is 1. The first-order chi connectivity index (χ1) is 16.0. The highest BCUT2D eigenvalue weighted by molar-refractivity contribution is 7.89. The van der Waals surface area contributed by atoms with Crippen molar-refractivity contribution in [3.63, 3.8) is 0 Å². The molecule has 0 bridgehead atoms. The lowest BCUT2D eigenvalue weighted by Crippen LogP contribution is -2.27. The lowest BCUT2D eigenvalue weighted by Gasteiger charge is -2.15. The summed E-state index contributed by atoms with van der Waals surface area (Å²) in [7, 11) is -3.43. The Bertz CT molecular complexity index is 1310. The summed E-state index contributed by atoms with van der Waals surface area (Å²) in [6.45, 7) is 2.05. The van der Waals surface area contributed by atoms with Crippen molar-refractivity contribution in [3.8, 4) is 6.07 Å². The summed E-state index contributed by atoms with van der Waals surface area (Å²) in [4.78, 5) is 12.6. The lowest BCUT2D eigenvalue weighted by atomic mass is 10.1. The van der Waals surface area contributed by atoms with Crippen molar-refractivity contribution < 1.29 is 13.2 Å². The summed E-state index contributed by atoms with van der Waals surface area (Å²) in [6.07, 6.45) is 7.43. The van der Waals surface area contributed by atoms with Crippen LogP contribution in [0.1, 0.15) is 30.4 Å². The molecule has 2 aromatic carbocycles. The molecule has 8 heteroatoms. The van der Waals surface area contributed by atoms with Gasteiger partial charge in [0.25, 0.3) is 0 Å². The Balaban J connectivity index is 1.38. The zero-order chi connectivity index (χ0) is 23.3. The smallest absolute Gasteiger partial charge is 0.244 e. The molecule has 0 saturated carbocycles. The standard InChI is InChI=1S/C25H26N4O3S/c26-14-5-15-28-19-21(23-6-1-2-7-24(23)28)10-13-25(30)27-18-20-8-11-22(12-9-20)33(31,32)29-16-3-4-17-29/h1-2,6-13,19H,3-5,15-18H2,(H,27,30)/b13-10+. The van der Waals surface area contributed by atoms with Crippen LogP contribution >= 0.6 is 0 Å². The molecule has 1 N–H and O–H groups in total. The number of fused-ring (bicyclic) bond motifs is 1. The third-order valence-corrected chi connectivity index (χ3v) is 7.70. The number of sulfonamides is 1. The summed E-state index contributed by atoms with van der Waals surface area (Å²) in [5, 5.41) is 12.7.